The first-order valence-electron chi connectivity index (χ1n) is 5.54. The van der Waals surface area contributed by atoms with E-state index >= 15 is 0 Å². The molecule has 2 aromatic rings. The first-order valence-corrected chi connectivity index (χ1v) is 5.54. The Hall–Kier alpha value is -2.81. The van der Waals surface area contributed by atoms with E-state index in [1.54, 1.807) is 19.1 Å². The van der Waals surface area contributed by atoms with Gasteiger partial charge in [-0.2, -0.15) is 5.26 Å². The Labute approximate surface area is 109 Å². The molecule has 2 rings (SSSR count). The highest BCUT2D eigenvalue weighted by Crippen LogP contribution is 2.08. The predicted octanol–water partition coefficient (Wildman–Crippen LogP) is 1.80. The Balaban J connectivity index is 2.03. The molecule has 1 amide bonds. The minimum Gasteiger partial charge on any atom is -0.467 e. The molecule has 0 bridgehead atoms. The van der Waals surface area contributed by atoms with Crippen LogP contribution in [0.3, 0.4) is 0 Å². The minimum absolute atomic E-state index is 0.0530. The summed E-state index contributed by atoms with van der Waals surface area (Å²) >= 11 is 0. The number of oxazole rings is 1. The van der Waals surface area contributed by atoms with Crippen molar-refractivity contribution in [2.45, 2.75) is 13.5 Å². The fourth-order valence-corrected chi connectivity index (χ4v) is 1.41. The van der Waals surface area contributed by atoms with Gasteiger partial charge in [-0.05, 0) is 12.1 Å². The summed E-state index contributed by atoms with van der Waals surface area (Å²) in [6.07, 6.45) is 4.31. The lowest BCUT2D eigenvalue weighted by Gasteiger charge is -2.00. The highest BCUT2D eigenvalue weighted by Gasteiger charge is 2.10. The lowest BCUT2D eigenvalue weighted by atomic mass is 10.2. The van der Waals surface area contributed by atoms with E-state index in [1.807, 2.05) is 6.07 Å². The van der Waals surface area contributed by atoms with Gasteiger partial charge in [-0.15, -0.1) is 0 Å². The average Bonchev–Trinajstić information content (AvgIpc) is 3.04. The van der Waals surface area contributed by atoms with Gasteiger partial charge in [0.15, 0.2) is 5.89 Å². The standard InChI is InChI=1S/C13H11N3O3/c1-9-15-8-12(19-9)5-10(6-14)13(17)16-7-11-3-2-4-18-11/h2-5,8H,7H2,1H3,(H,16,17)/b10-5+. The van der Waals surface area contributed by atoms with Crippen molar-refractivity contribution in [3.8, 4) is 6.07 Å². The maximum atomic E-state index is 11.8. The molecule has 0 atom stereocenters. The first kappa shape index (κ1) is 12.6. The summed E-state index contributed by atoms with van der Waals surface area (Å²) in [5.41, 5.74) is -0.0530. The van der Waals surface area contributed by atoms with Crippen LogP contribution in [0.5, 0.6) is 0 Å². The number of hydrogen-bond acceptors (Lipinski definition) is 5. The van der Waals surface area contributed by atoms with Crippen LogP contribution in [0.4, 0.5) is 0 Å². The van der Waals surface area contributed by atoms with Crippen molar-refractivity contribution in [3.63, 3.8) is 0 Å². The molecule has 0 spiro atoms. The number of hydrogen-bond donors (Lipinski definition) is 1. The number of carbonyl (C=O) groups excluding carboxylic acids is 1. The van der Waals surface area contributed by atoms with Crippen LogP contribution in [-0.4, -0.2) is 10.9 Å². The predicted molar refractivity (Wildman–Crippen MR) is 65.4 cm³/mol. The van der Waals surface area contributed by atoms with Crippen LogP contribution in [-0.2, 0) is 11.3 Å². The molecule has 0 aliphatic heterocycles. The fourth-order valence-electron chi connectivity index (χ4n) is 1.41. The van der Waals surface area contributed by atoms with Crippen LogP contribution in [0.15, 0.2) is 39.0 Å². The maximum absolute atomic E-state index is 11.8. The zero-order valence-corrected chi connectivity index (χ0v) is 10.2. The number of furan rings is 1. The van der Waals surface area contributed by atoms with Crippen molar-refractivity contribution in [1.82, 2.24) is 10.3 Å². The average molecular weight is 257 g/mol. The topological polar surface area (TPSA) is 92.1 Å². The maximum Gasteiger partial charge on any atom is 0.262 e. The number of aromatic nitrogens is 1. The van der Waals surface area contributed by atoms with E-state index in [0.29, 0.717) is 17.4 Å². The second-order valence-electron chi connectivity index (χ2n) is 3.71. The normalized spacial score (nSPS) is 11.1. The lowest BCUT2D eigenvalue weighted by Crippen LogP contribution is -2.23. The van der Waals surface area contributed by atoms with Crippen molar-refractivity contribution in [3.05, 3.63) is 47.6 Å². The van der Waals surface area contributed by atoms with Gasteiger partial charge in [-0.25, -0.2) is 4.98 Å². The van der Waals surface area contributed by atoms with E-state index in [2.05, 4.69) is 10.3 Å². The molecule has 0 aliphatic carbocycles. The van der Waals surface area contributed by atoms with Gasteiger partial charge in [0.25, 0.3) is 5.91 Å². The Morgan fingerprint density at radius 3 is 3.05 bits per heavy atom. The van der Waals surface area contributed by atoms with Crippen LogP contribution < -0.4 is 5.32 Å². The van der Waals surface area contributed by atoms with Crippen LogP contribution in [0.25, 0.3) is 6.08 Å². The fraction of sp³-hybridized carbons (Fsp3) is 0.154. The van der Waals surface area contributed by atoms with Gasteiger partial charge in [0.05, 0.1) is 19.0 Å². The van der Waals surface area contributed by atoms with Crippen LogP contribution in [0, 0.1) is 18.3 Å². The van der Waals surface area contributed by atoms with E-state index in [1.165, 1.54) is 18.5 Å². The molecular weight excluding hydrogens is 246 g/mol. The van der Waals surface area contributed by atoms with E-state index in [4.69, 9.17) is 14.1 Å². The van der Waals surface area contributed by atoms with Gasteiger partial charge < -0.3 is 14.2 Å². The van der Waals surface area contributed by atoms with Crippen molar-refractivity contribution < 1.29 is 13.6 Å². The third-order valence-corrected chi connectivity index (χ3v) is 2.29. The van der Waals surface area contributed by atoms with Gasteiger partial charge >= 0.3 is 0 Å². The van der Waals surface area contributed by atoms with Crippen molar-refractivity contribution in [2.24, 2.45) is 0 Å². The molecule has 6 heteroatoms. The van der Waals surface area contributed by atoms with E-state index in [0.717, 1.165) is 0 Å². The van der Waals surface area contributed by atoms with Crippen LogP contribution >= 0.6 is 0 Å². The summed E-state index contributed by atoms with van der Waals surface area (Å²) in [5, 5.41) is 11.5. The van der Waals surface area contributed by atoms with Gasteiger partial charge in [-0.3, -0.25) is 4.79 Å². The Bertz CT molecular complexity index is 632. The largest absolute Gasteiger partial charge is 0.467 e. The summed E-state index contributed by atoms with van der Waals surface area (Å²) in [5.74, 6) is 0.954. The Morgan fingerprint density at radius 2 is 2.47 bits per heavy atom. The van der Waals surface area contributed by atoms with Crippen molar-refractivity contribution >= 4 is 12.0 Å². The zero-order chi connectivity index (χ0) is 13.7. The van der Waals surface area contributed by atoms with Crippen LogP contribution in [0.1, 0.15) is 17.4 Å². The zero-order valence-electron chi connectivity index (χ0n) is 10.2. The highest BCUT2D eigenvalue weighted by atomic mass is 16.4. The number of nitrogens with one attached hydrogen (secondary N) is 1. The van der Waals surface area contributed by atoms with E-state index in [9.17, 15) is 4.79 Å². The molecular formula is C13H11N3O3. The number of amides is 1. The minimum atomic E-state index is -0.493. The van der Waals surface area contributed by atoms with E-state index in [-0.39, 0.29) is 12.1 Å². The molecule has 0 radical (unpaired) electrons. The number of nitrogens with zero attached hydrogens (tertiary/aromatic N) is 2. The lowest BCUT2D eigenvalue weighted by molar-refractivity contribution is -0.117. The smallest absolute Gasteiger partial charge is 0.262 e. The van der Waals surface area contributed by atoms with Gasteiger partial charge in [0.1, 0.15) is 23.2 Å². The number of rotatable bonds is 4. The Morgan fingerprint density at radius 1 is 1.63 bits per heavy atom. The van der Waals surface area contributed by atoms with Gasteiger partial charge in [0, 0.05) is 13.0 Å². The molecule has 2 heterocycles. The summed E-state index contributed by atoms with van der Waals surface area (Å²) in [7, 11) is 0. The third-order valence-electron chi connectivity index (χ3n) is 2.29. The van der Waals surface area contributed by atoms with Crippen molar-refractivity contribution in [1.29, 1.82) is 5.26 Å². The second-order valence-corrected chi connectivity index (χ2v) is 3.71. The second kappa shape index (κ2) is 5.69. The number of carbonyl (C=O) groups is 1. The molecule has 19 heavy (non-hydrogen) atoms. The highest BCUT2D eigenvalue weighted by molar-refractivity contribution is 6.01. The van der Waals surface area contributed by atoms with Crippen LogP contribution in [0.2, 0.25) is 0 Å². The third kappa shape index (κ3) is 3.33. The molecule has 0 saturated carbocycles. The number of aryl methyl sites for hydroxylation is 1. The summed E-state index contributed by atoms with van der Waals surface area (Å²) in [6.45, 7) is 1.90. The Kier molecular flexibility index (Phi) is 3.78. The molecule has 0 saturated heterocycles. The molecule has 0 aromatic carbocycles. The summed E-state index contributed by atoms with van der Waals surface area (Å²) < 4.78 is 10.3. The van der Waals surface area contributed by atoms with Gasteiger partial charge in [-0.1, -0.05) is 0 Å². The molecule has 1 N–H and O–H groups in total. The molecule has 0 fully saturated rings. The summed E-state index contributed by atoms with van der Waals surface area (Å²) in [4.78, 5) is 15.7. The molecule has 0 unspecified atom stereocenters. The number of nitriles is 1. The van der Waals surface area contributed by atoms with E-state index < -0.39 is 5.91 Å². The molecule has 0 aliphatic rings. The summed E-state index contributed by atoms with van der Waals surface area (Å²) in [6, 6.07) is 5.27. The van der Waals surface area contributed by atoms with Gasteiger partial charge in [0.2, 0.25) is 0 Å². The monoisotopic (exact) mass is 257 g/mol. The molecule has 96 valence electrons. The quantitative estimate of drug-likeness (QED) is 0.666. The SMILES string of the molecule is Cc1ncc(/C=C(\C#N)C(=O)NCc2ccco2)o1. The molecule has 6 nitrogen and oxygen atoms in total. The molecule has 2 aromatic heterocycles. The van der Waals surface area contributed by atoms with Crippen molar-refractivity contribution in [2.75, 3.05) is 0 Å². The first-order chi connectivity index (χ1) is 9.19.